The molecule has 0 bridgehead atoms. The SMILES string of the molecule is NC(=O)CC[C@H](NC(=O)CNC(=O)[C@H](CCC(=O)O)NC(=O)CNC(=O)c1ccc2c(c1)-c1ccccc1C(=O)C2=O)C(=O)N1CCC[C@H]1C(=O)O. The average molecular weight is 721 g/mol. The Kier molecular flexibility index (Phi) is 12.5. The first-order valence-electron chi connectivity index (χ1n) is 16.2. The van der Waals surface area contributed by atoms with Crippen LogP contribution in [0.4, 0.5) is 0 Å². The zero-order valence-electron chi connectivity index (χ0n) is 27.6. The molecule has 52 heavy (non-hydrogen) atoms. The third kappa shape index (κ3) is 9.40. The molecule has 6 amide bonds. The molecule has 1 saturated heterocycles. The van der Waals surface area contributed by atoms with E-state index < -0.39 is 103 Å². The number of fused-ring (bicyclic) bond motifs is 3. The van der Waals surface area contributed by atoms with Gasteiger partial charge in [-0.05, 0) is 55.0 Å². The summed E-state index contributed by atoms with van der Waals surface area (Å²) in [5.41, 5.74) is 6.37. The van der Waals surface area contributed by atoms with Crippen LogP contribution in [0.2, 0.25) is 0 Å². The molecule has 0 aromatic heterocycles. The van der Waals surface area contributed by atoms with Crippen LogP contribution in [0.1, 0.15) is 69.6 Å². The van der Waals surface area contributed by atoms with Crippen LogP contribution in [-0.2, 0) is 33.6 Å². The quantitative estimate of drug-likeness (QED) is 0.100. The monoisotopic (exact) mass is 720 g/mol. The standard InChI is InChI=1S/C34H36N6O12/c35-25(41)11-9-23(33(50)40-13-3-6-24(40)34(51)52)39-27(43)16-37-32(49)22(10-12-28(44)45)38-26(42)15-36-31(48)17-7-8-20-21(14-17)18-4-1-2-5-19(18)29(46)30(20)47/h1-2,4-5,7-8,14,22-24H,3,6,9-13,15-16H2,(H2,35,41)(H,36,48)(H,37,49)(H,38,42)(H,39,43)(H,44,45)(H,51,52)/t22-,23-,24-/m0/s1. The van der Waals surface area contributed by atoms with Gasteiger partial charge in [-0.15, -0.1) is 0 Å². The molecule has 18 heteroatoms. The van der Waals surface area contributed by atoms with E-state index in [0.29, 0.717) is 17.5 Å². The number of benzene rings is 2. The molecule has 0 saturated carbocycles. The van der Waals surface area contributed by atoms with Crippen LogP contribution < -0.4 is 27.0 Å². The highest BCUT2D eigenvalue weighted by Gasteiger charge is 2.38. The Labute approximate surface area is 295 Å². The molecule has 274 valence electrons. The highest BCUT2D eigenvalue weighted by molar-refractivity contribution is 6.53. The fourth-order valence-electron chi connectivity index (χ4n) is 5.88. The van der Waals surface area contributed by atoms with Crippen LogP contribution in [0.15, 0.2) is 42.5 Å². The lowest BCUT2D eigenvalue weighted by molar-refractivity contribution is -0.149. The van der Waals surface area contributed by atoms with Crippen LogP contribution in [-0.4, -0.2) is 112 Å². The largest absolute Gasteiger partial charge is 0.481 e. The second-order valence-electron chi connectivity index (χ2n) is 12.1. The third-order valence-corrected chi connectivity index (χ3v) is 8.46. The van der Waals surface area contributed by atoms with Gasteiger partial charge in [0.05, 0.1) is 13.1 Å². The molecular formula is C34H36N6O12. The van der Waals surface area contributed by atoms with E-state index in [4.69, 9.17) is 10.8 Å². The van der Waals surface area contributed by atoms with Gasteiger partial charge in [0.1, 0.15) is 18.1 Å². The van der Waals surface area contributed by atoms with E-state index >= 15 is 0 Å². The highest BCUT2D eigenvalue weighted by atomic mass is 16.4. The van der Waals surface area contributed by atoms with Crippen molar-refractivity contribution in [2.24, 2.45) is 5.73 Å². The lowest BCUT2D eigenvalue weighted by atomic mass is 9.83. The van der Waals surface area contributed by atoms with Crippen molar-refractivity contribution in [2.45, 2.75) is 56.7 Å². The van der Waals surface area contributed by atoms with E-state index in [9.17, 15) is 53.1 Å². The highest BCUT2D eigenvalue weighted by Crippen LogP contribution is 2.34. The lowest BCUT2D eigenvalue weighted by Gasteiger charge is -2.27. The van der Waals surface area contributed by atoms with E-state index in [2.05, 4.69) is 21.3 Å². The molecule has 2 aromatic carbocycles. The molecule has 3 atom stereocenters. The summed E-state index contributed by atoms with van der Waals surface area (Å²) in [6.45, 7) is -1.28. The molecule has 2 aromatic rings. The Hall–Kier alpha value is -6.46. The van der Waals surface area contributed by atoms with Gasteiger partial charge in [0.25, 0.3) is 5.91 Å². The molecule has 1 aliphatic heterocycles. The number of ketones is 2. The zero-order chi connectivity index (χ0) is 38.1. The number of carboxylic acids is 2. The number of primary amides is 1. The number of nitrogens with two attached hydrogens (primary N) is 1. The molecule has 18 nitrogen and oxygen atoms in total. The Balaban J connectivity index is 1.35. The number of hydrogen-bond donors (Lipinski definition) is 7. The summed E-state index contributed by atoms with van der Waals surface area (Å²) in [7, 11) is 0. The smallest absolute Gasteiger partial charge is 0.326 e. The average Bonchev–Trinajstić information content (AvgIpc) is 3.62. The number of amides is 6. The third-order valence-electron chi connectivity index (χ3n) is 8.46. The molecule has 1 fully saturated rings. The van der Waals surface area contributed by atoms with Gasteiger partial charge in [0, 0.05) is 36.1 Å². The van der Waals surface area contributed by atoms with Gasteiger partial charge in [-0.3, -0.25) is 43.2 Å². The molecule has 1 heterocycles. The van der Waals surface area contributed by atoms with Crippen LogP contribution in [0, 0.1) is 0 Å². The molecular weight excluding hydrogens is 684 g/mol. The van der Waals surface area contributed by atoms with Crippen LogP contribution in [0.5, 0.6) is 0 Å². The minimum Gasteiger partial charge on any atom is -0.481 e. The molecule has 0 spiro atoms. The van der Waals surface area contributed by atoms with Crippen LogP contribution >= 0.6 is 0 Å². The maximum atomic E-state index is 13.1. The van der Waals surface area contributed by atoms with Gasteiger partial charge in [-0.25, -0.2) is 4.79 Å². The Morgan fingerprint density at radius 2 is 1.37 bits per heavy atom. The number of carbonyl (C=O) groups excluding carboxylic acids is 8. The molecule has 8 N–H and O–H groups in total. The van der Waals surface area contributed by atoms with E-state index in [1.165, 1.54) is 24.3 Å². The number of likely N-dealkylation sites (tertiary alicyclic amines) is 1. The molecule has 2 aliphatic rings. The van der Waals surface area contributed by atoms with Gasteiger partial charge >= 0.3 is 11.9 Å². The van der Waals surface area contributed by atoms with E-state index in [1.54, 1.807) is 18.2 Å². The zero-order valence-corrected chi connectivity index (χ0v) is 27.6. The summed E-state index contributed by atoms with van der Waals surface area (Å²) in [5.74, 6) is -8.92. The van der Waals surface area contributed by atoms with Crippen molar-refractivity contribution in [3.05, 3.63) is 59.2 Å². The maximum Gasteiger partial charge on any atom is 0.326 e. The van der Waals surface area contributed by atoms with Gasteiger partial charge in [-0.1, -0.05) is 24.3 Å². The van der Waals surface area contributed by atoms with Gasteiger partial charge in [0.15, 0.2) is 0 Å². The van der Waals surface area contributed by atoms with Gasteiger partial charge < -0.3 is 42.1 Å². The summed E-state index contributed by atoms with van der Waals surface area (Å²) in [6.07, 6.45) is -0.887. The van der Waals surface area contributed by atoms with E-state index in [1.807, 2.05) is 0 Å². The minimum atomic E-state index is -1.47. The number of carboxylic acid groups (broad SMARTS) is 2. The predicted molar refractivity (Wildman–Crippen MR) is 177 cm³/mol. The number of nitrogens with zero attached hydrogens (tertiary/aromatic N) is 1. The predicted octanol–water partition coefficient (Wildman–Crippen LogP) is -1.25. The first kappa shape index (κ1) is 38.3. The van der Waals surface area contributed by atoms with Crippen molar-refractivity contribution in [1.29, 1.82) is 0 Å². The van der Waals surface area contributed by atoms with Crippen molar-refractivity contribution < 1.29 is 58.2 Å². The van der Waals surface area contributed by atoms with Crippen molar-refractivity contribution in [3.63, 3.8) is 0 Å². The number of rotatable bonds is 16. The number of aliphatic carboxylic acids is 2. The number of Topliss-reactive ketones (excluding diaryl/α,β-unsaturated/α-hetero) is 2. The summed E-state index contributed by atoms with van der Waals surface area (Å²) < 4.78 is 0. The molecule has 0 unspecified atom stereocenters. The van der Waals surface area contributed by atoms with Crippen molar-refractivity contribution in [1.82, 2.24) is 26.2 Å². The number of nitrogens with one attached hydrogen (secondary N) is 4. The van der Waals surface area contributed by atoms with E-state index in [-0.39, 0.29) is 42.5 Å². The van der Waals surface area contributed by atoms with Gasteiger partial charge in [-0.2, -0.15) is 0 Å². The summed E-state index contributed by atoms with van der Waals surface area (Å²) in [5, 5.41) is 27.9. The van der Waals surface area contributed by atoms with Crippen molar-refractivity contribution in [3.8, 4) is 11.1 Å². The Bertz CT molecular complexity index is 1840. The van der Waals surface area contributed by atoms with Crippen LogP contribution in [0.25, 0.3) is 11.1 Å². The normalized spacial score (nSPS) is 15.7. The second kappa shape index (κ2) is 17.0. The summed E-state index contributed by atoms with van der Waals surface area (Å²) in [6, 6.07) is 6.52. The number of hydrogen-bond acceptors (Lipinski definition) is 10. The molecule has 4 rings (SSSR count). The molecule has 0 radical (unpaired) electrons. The first-order valence-corrected chi connectivity index (χ1v) is 16.2. The summed E-state index contributed by atoms with van der Waals surface area (Å²) >= 11 is 0. The first-order chi connectivity index (χ1) is 24.7. The maximum absolute atomic E-state index is 13.1. The van der Waals surface area contributed by atoms with Crippen LogP contribution in [0.3, 0.4) is 0 Å². The topological polar surface area (TPSA) is 289 Å². The Morgan fingerprint density at radius 1 is 0.769 bits per heavy atom. The second-order valence-corrected chi connectivity index (χ2v) is 12.1. The number of carbonyl (C=O) groups is 10. The lowest BCUT2D eigenvalue weighted by Crippen LogP contribution is -2.54. The van der Waals surface area contributed by atoms with Crippen molar-refractivity contribution in [2.75, 3.05) is 19.6 Å². The fourth-order valence-corrected chi connectivity index (χ4v) is 5.88. The fraction of sp³-hybridized carbons (Fsp3) is 0.353. The van der Waals surface area contributed by atoms with Gasteiger partial charge in [0.2, 0.25) is 41.1 Å². The minimum absolute atomic E-state index is 0.0607. The summed E-state index contributed by atoms with van der Waals surface area (Å²) in [4.78, 5) is 125. The Morgan fingerprint density at radius 3 is 2.00 bits per heavy atom. The van der Waals surface area contributed by atoms with E-state index in [0.717, 1.165) is 4.90 Å². The molecule has 1 aliphatic carbocycles. The van der Waals surface area contributed by atoms with Crippen molar-refractivity contribution >= 4 is 58.9 Å².